The molecular weight excluding hydrogens is 168 g/mol. The molecule has 0 aromatic rings. The van der Waals surface area contributed by atoms with E-state index in [0.29, 0.717) is 6.42 Å². The summed E-state index contributed by atoms with van der Waals surface area (Å²) < 4.78 is 9.81. The summed E-state index contributed by atoms with van der Waals surface area (Å²) in [7, 11) is 2.97. The standard InChI is InChI=1S/C10H18O3/c1-7(2)6-9(12-4)8(3)10(11)13-5/h8-9H,1,6H2,2-5H3. The zero-order chi connectivity index (χ0) is 10.4. The number of hydrogen-bond donors (Lipinski definition) is 0. The molecule has 0 bridgehead atoms. The second-order valence-corrected chi connectivity index (χ2v) is 3.25. The van der Waals surface area contributed by atoms with Crippen LogP contribution in [0.25, 0.3) is 0 Å². The van der Waals surface area contributed by atoms with Gasteiger partial charge in [0.25, 0.3) is 0 Å². The van der Waals surface area contributed by atoms with E-state index >= 15 is 0 Å². The summed E-state index contributed by atoms with van der Waals surface area (Å²) in [6.45, 7) is 7.49. The quantitative estimate of drug-likeness (QED) is 0.485. The molecule has 2 atom stereocenters. The lowest BCUT2D eigenvalue weighted by atomic mass is 9.99. The monoisotopic (exact) mass is 186 g/mol. The smallest absolute Gasteiger partial charge is 0.311 e. The molecule has 13 heavy (non-hydrogen) atoms. The van der Waals surface area contributed by atoms with Crippen molar-refractivity contribution in [3.8, 4) is 0 Å². The maximum Gasteiger partial charge on any atom is 0.311 e. The minimum absolute atomic E-state index is 0.134. The molecule has 0 spiro atoms. The summed E-state index contributed by atoms with van der Waals surface area (Å²) in [5.41, 5.74) is 1.00. The molecule has 76 valence electrons. The largest absolute Gasteiger partial charge is 0.469 e. The topological polar surface area (TPSA) is 35.5 Å². The van der Waals surface area contributed by atoms with Gasteiger partial charge in [0, 0.05) is 7.11 Å². The molecule has 0 radical (unpaired) electrons. The van der Waals surface area contributed by atoms with Crippen molar-refractivity contribution in [2.45, 2.75) is 26.4 Å². The summed E-state index contributed by atoms with van der Waals surface area (Å²) in [5, 5.41) is 0. The number of methoxy groups -OCH3 is 2. The van der Waals surface area contributed by atoms with Crippen molar-refractivity contribution >= 4 is 5.97 Å². The van der Waals surface area contributed by atoms with E-state index in [2.05, 4.69) is 11.3 Å². The molecule has 0 amide bonds. The zero-order valence-corrected chi connectivity index (χ0v) is 8.79. The van der Waals surface area contributed by atoms with Crippen LogP contribution < -0.4 is 0 Å². The summed E-state index contributed by atoms with van der Waals surface area (Å²) in [6.07, 6.45) is 0.553. The number of ether oxygens (including phenoxy) is 2. The van der Waals surface area contributed by atoms with E-state index < -0.39 is 0 Å². The summed E-state index contributed by atoms with van der Waals surface area (Å²) >= 11 is 0. The fourth-order valence-electron chi connectivity index (χ4n) is 1.15. The molecular formula is C10H18O3. The van der Waals surface area contributed by atoms with Crippen LogP contribution in [0.2, 0.25) is 0 Å². The van der Waals surface area contributed by atoms with Crippen LogP contribution in [0.1, 0.15) is 20.3 Å². The molecule has 0 aliphatic rings. The Kier molecular flexibility index (Phi) is 5.39. The number of carbonyl (C=O) groups excluding carboxylic acids is 1. The van der Waals surface area contributed by atoms with E-state index in [9.17, 15) is 4.79 Å². The molecule has 0 aromatic carbocycles. The molecule has 3 heteroatoms. The molecule has 0 saturated carbocycles. The van der Waals surface area contributed by atoms with E-state index in [4.69, 9.17) is 4.74 Å². The highest BCUT2D eigenvalue weighted by molar-refractivity contribution is 5.72. The molecule has 0 aliphatic heterocycles. The highest BCUT2D eigenvalue weighted by Crippen LogP contribution is 2.15. The maximum absolute atomic E-state index is 11.2. The third kappa shape index (κ3) is 4.08. The maximum atomic E-state index is 11.2. The van der Waals surface area contributed by atoms with Gasteiger partial charge in [-0.3, -0.25) is 4.79 Å². The molecule has 0 saturated heterocycles. The first kappa shape index (κ1) is 12.2. The fourth-order valence-corrected chi connectivity index (χ4v) is 1.15. The van der Waals surface area contributed by atoms with Gasteiger partial charge in [0.05, 0.1) is 19.1 Å². The predicted molar refractivity (Wildman–Crippen MR) is 51.4 cm³/mol. The first-order valence-electron chi connectivity index (χ1n) is 4.28. The lowest BCUT2D eigenvalue weighted by molar-refractivity contribution is -0.149. The van der Waals surface area contributed by atoms with Crippen LogP contribution in [-0.2, 0) is 14.3 Å². The van der Waals surface area contributed by atoms with Crippen LogP contribution in [-0.4, -0.2) is 26.3 Å². The van der Waals surface area contributed by atoms with Crippen molar-refractivity contribution < 1.29 is 14.3 Å². The molecule has 0 fully saturated rings. The molecule has 0 aromatic heterocycles. The van der Waals surface area contributed by atoms with Crippen LogP contribution >= 0.6 is 0 Å². The van der Waals surface area contributed by atoms with Gasteiger partial charge in [0.2, 0.25) is 0 Å². The Morgan fingerprint density at radius 1 is 1.46 bits per heavy atom. The van der Waals surface area contributed by atoms with Crippen molar-refractivity contribution in [2.24, 2.45) is 5.92 Å². The number of rotatable bonds is 5. The second-order valence-electron chi connectivity index (χ2n) is 3.25. The van der Waals surface area contributed by atoms with Crippen molar-refractivity contribution in [2.75, 3.05) is 14.2 Å². The second kappa shape index (κ2) is 5.75. The number of carbonyl (C=O) groups is 1. The van der Waals surface area contributed by atoms with Crippen LogP contribution in [0.15, 0.2) is 12.2 Å². The molecule has 2 unspecified atom stereocenters. The Bertz CT molecular complexity index is 187. The predicted octanol–water partition coefficient (Wildman–Crippen LogP) is 1.78. The van der Waals surface area contributed by atoms with Gasteiger partial charge < -0.3 is 9.47 Å². The van der Waals surface area contributed by atoms with E-state index in [0.717, 1.165) is 5.57 Å². The highest BCUT2D eigenvalue weighted by atomic mass is 16.5. The Labute approximate surface area is 79.7 Å². The molecule has 0 heterocycles. The molecule has 0 rings (SSSR count). The number of hydrogen-bond acceptors (Lipinski definition) is 3. The van der Waals surface area contributed by atoms with Crippen LogP contribution in [0.4, 0.5) is 0 Å². The minimum atomic E-state index is -0.244. The Hall–Kier alpha value is -0.830. The van der Waals surface area contributed by atoms with Crippen molar-refractivity contribution in [1.82, 2.24) is 0 Å². The summed E-state index contributed by atoms with van der Waals surface area (Å²) in [4.78, 5) is 11.2. The zero-order valence-electron chi connectivity index (χ0n) is 8.79. The SMILES string of the molecule is C=C(C)CC(OC)C(C)C(=O)OC. The average Bonchev–Trinajstić information content (AvgIpc) is 2.11. The van der Waals surface area contributed by atoms with E-state index in [-0.39, 0.29) is 18.0 Å². The van der Waals surface area contributed by atoms with Crippen molar-refractivity contribution in [3.05, 3.63) is 12.2 Å². The van der Waals surface area contributed by atoms with Crippen LogP contribution in [0.5, 0.6) is 0 Å². The van der Waals surface area contributed by atoms with E-state index in [1.54, 1.807) is 14.0 Å². The first-order chi connectivity index (χ1) is 6.02. The Balaban J connectivity index is 4.22. The van der Waals surface area contributed by atoms with Gasteiger partial charge in [0.1, 0.15) is 0 Å². The van der Waals surface area contributed by atoms with Gasteiger partial charge in [-0.15, -0.1) is 6.58 Å². The van der Waals surface area contributed by atoms with Gasteiger partial charge in [-0.25, -0.2) is 0 Å². The summed E-state index contributed by atoms with van der Waals surface area (Å²) in [6, 6.07) is 0. The third-order valence-corrected chi connectivity index (χ3v) is 1.98. The molecule has 0 aliphatic carbocycles. The van der Waals surface area contributed by atoms with Crippen LogP contribution in [0.3, 0.4) is 0 Å². The van der Waals surface area contributed by atoms with Gasteiger partial charge in [-0.2, -0.15) is 0 Å². The highest BCUT2D eigenvalue weighted by Gasteiger charge is 2.24. The Morgan fingerprint density at radius 2 is 2.00 bits per heavy atom. The molecule has 0 N–H and O–H groups in total. The minimum Gasteiger partial charge on any atom is -0.469 e. The summed E-state index contributed by atoms with van der Waals surface area (Å²) in [5.74, 6) is -0.486. The van der Waals surface area contributed by atoms with Crippen molar-refractivity contribution in [3.63, 3.8) is 0 Å². The van der Waals surface area contributed by atoms with Crippen LogP contribution in [0, 0.1) is 5.92 Å². The molecule has 3 nitrogen and oxygen atoms in total. The van der Waals surface area contributed by atoms with Crippen molar-refractivity contribution in [1.29, 1.82) is 0 Å². The number of esters is 1. The van der Waals surface area contributed by atoms with Gasteiger partial charge in [-0.1, -0.05) is 5.57 Å². The lowest BCUT2D eigenvalue weighted by Crippen LogP contribution is -2.28. The lowest BCUT2D eigenvalue weighted by Gasteiger charge is -2.20. The Morgan fingerprint density at radius 3 is 2.31 bits per heavy atom. The fraction of sp³-hybridized carbons (Fsp3) is 0.700. The third-order valence-electron chi connectivity index (χ3n) is 1.98. The normalized spacial score (nSPS) is 14.8. The van der Waals surface area contributed by atoms with Gasteiger partial charge >= 0.3 is 5.97 Å². The van der Waals surface area contributed by atoms with E-state index in [1.165, 1.54) is 7.11 Å². The van der Waals surface area contributed by atoms with E-state index in [1.807, 2.05) is 6.92 Å². The van der Waals surface area contributed by atoms with Gasteiger partial charge in [-0.05, 0) is 20.3 Å². The average molecular weight is 186 g/mol. The first-order valence-corrected chi connectivity index (χ1v) is 4.28. The van der Waals surface area contributed by atoms with Gasteiger partial charge in [0.15, 0.2) is 0 Å².